The molecule has 148 valence electrons. The zero-order chi connectivity index (χ0) is 19.2. The van der Waals surface area contributed by atoms with Crippen LogP contribution in [0.15, 0.2) is 24.3 Å². The summed E-state index contributed by atoms with van der Waals surface area (Å²) in [7, 11) is 0. The van der Waals surface area contributed by atoms with Crippen molar-refractivity contribution >= 4 is 6.03 Å². The number of aliphatic hydroxyl groups is 1. The fourth-order valence-electron chi connectivity index (χ4n) is 5.75. The molecular formula is C20H25F3N2O2. The van der Waals surface area contributed by atoms with Gasteiger partial charge in [0.25, 0.3) is 0 Å². The maximum atomic E-state index is 12.6. The number of alkyl halides is 3. The predicted molar refractivity (Wildman–Crippen MR) is 93.8 cm³/mol. The maximum absolute atomic E-state index is 12.6. The number of halogens is 3. The molecule has 0 saturated heterocycles. The minimum atomic E-state index is -4.40. The van der Waals surface area contributed by atoms with Gasteiger partial charge in [0.05, 0.1) is 11.7 Å². The van der Waals surface area contributed by atoms with E-state index in [2.05, 4.69) is 10.6 Å². The van der Waals surface area contributed by atoms with Gasteiger partial charge in [0.15, 0.2) is 0 Å². The molecular weight excluding hydrogens is 357 g/mol. The van der Waals surface area contributed by atoms with Crippen LogP contribution in [0.2, 0.25) is 0 Å². The minimum Gasteiger partial charge on any atom is -0.387 e. The fourth-order valence-corrected chi connectivity index (χ4v) is 5.75. The highest BCUT2D eigenvalue weighted by Crippen LogP contribution is 2.55. The highest BCUT2D eigenvalue weighted by molar-refractivity contribution is 5.75. The quantitative estimate of drug-likeness (QED) is 0.737. The Balaban J connectivity index is 1.30. The summed E-state index contributed by atoms with van der Waals surface area (Å²) >= 11 is 0. The Kier molecular flexibility index (Phi) is 4.61. The molecule has 4 nitrogen and oxygen atoms in total. The molecule has 2 amide bonds. The van der Waals surface area contributed by atoms with Crippen molar-refractivity contribution in [1.29, 1.82) is 0 Å². The average molecular weight is 382 g/mol. The second-order valence-electron chi connectivity index (χ2n) is 8.67. The first-order valence-corrected chi connectivity index (χ1v) is 9.64. The van der Waals surface area contributed by atoms with Crippen molar-refractivity contribution in [3.05, 3.63) is 35.4 Å². The number of hydrogen-bond donors (Lipinski definition) is 3. The van der Waals surface area contributed by atoms with Crippen molar-refractivity contribution < 1.29 is 23.1 Å². The summed E-state index contributed by atoms with van der Waals surface area (Å²) in [5.74, 6) is 2.15. The lowest BCUT2D eigenvalue weighted by Gasteiger charge is -2.56. The zero-order valence-corrected chi connectivity index (χ0v) is 15.1. The summed E-state index contributed by atoms with van der Waals surface area (Å²) in [6.45, 7) is -0.0381. The largest absolute Gasteiger partial charge is 0.416 e. The van der Waals surface area contributed by atoms with E-state index in [1.165, 1.54) is 31.4 Å². The molecule has 4 aliphatic rings. The van der Waals surface area contributed by atoms with Crippen LogP contribution in [0.25, 0.3) is 0 Å². The number of nitrogens with one attached hydrogen (secondary N) is 2. The number of rotatable bonds is 4. The third kappa shape index (κ3) is 3.93. The minimum absolute atomic E-state index is 0.0381. The molecule has 5 rings (SSSR count). The van der Waals surface area contributed by atoms with Crippen LogP contribution in [0.3, 0.4) is 0 Å². The van der Waals surface area contributed by atoms with Gasteiger partial charge in [0, 0.05) is 12.1 Å². The van der Waals surface area contributed by atoms with Gasteiger partial charge in [-0.3, -0.25) is 0 Å². The number of hydrogen-bond acceptors (Lipinski definition) is 2. The third-order valence-electron chi connectivity index (χ3n) is 6.50. The predicted octanol–water partition coefficient (Wildman–Crippen LogP) is 4.01. The smallest absolute Gasteiger partial charge is 0.387 e. The molecule has 4 fully saturated rings. The SMILES string of the molecule is O=C(NC[C@@H](O)c1ccc(C(F)(F)F)cc1)NC12CC3CC(CC(C3)C1)C2. The van der Waals surface area contributed by atoms with E-state index in [9.17, 15) is 23.1 Å². The van der Waals surface area contributed by atoms with Gasteiger partial charge in [0.1, 0.15) is 0 Å². The van der Waals surface area contributed by atoms with Crippen LogP contribution in [-0.2, 0) is 6.18 Å². The standard InChI is InChI=1S/C20H25F3N2O2/c21-20(22,23)16-3-1-15(2-4-16)17(26)11-24-18(27)25-19-8-12-5-13(9-19)7-14(6-12)10-19/h1-4,12-14,17,26H,5-11H2,(H2,24,25,27)/t12?,13?,14?,17-,19?/m1/s1. The zero-order valence-electron chi connectivity index (χ0n) is 15.1. The normalized spacial score (nSPS) is 33.0. The first kappa shape index (κ1) is 18.6. The summed E-state index contributed by atoms with van der Waals surface area (Å²) in [6, 6.07) is 4.06. The molecule has 1 aromatic rings. The highest BCUT2D eigenvalue weighted by Gasteiger charge is 2.51. The molecule has 4 bridgehead atoms. The van der Waals surface area contributed by atoms with E-state index in [-0.39, 0.29) is 18.1 Å². The summed E-state index contributed by atoms with van der Waals surface area (Å²) in [5, 5.41) is 16.0. The van der Waals surface area contributed by atoms with E-state index in [1.54, 1.807) is 0 Å². The van der Waals surface area contributed by atoms with Crippen molar-refractivity contribution in [2.45, 2.75) is 56.3 Å². The summed E-state index contributed by atoms with van der Waals surface area (Å²) in [6.07, 6.45) is 1.52. The van der Waals surface area contributed by atoms with Crippen LogP contribution >= 0.6 is 0 Å². The molecule has 1 atom stereocenters. The van der Waals surface area contributed by atoms with Crippen molar-refractivity contribution in [3.63, 3.8) is 0 Å². The highest BCUT2D eigenvalue weighted by atomic mass is 19.4. The molecule has 0 spiro atoms. The van der Waals surface area contributed by atoms with Gasteiger partial charge in [0.2, 0.25) is 0 Å². The monoisotopic (exact) mass is 382 g/mol. The van der Waals surface area contributed by atoms with Crippen molar-refractivity contribution in [3.8, 4) is 0 Å². The Morgan fingerprint density at radius 3 is 2.07 bits per heavy atom. The Bertz CT molecular complexity index is 667. The van der Waals surface area contributed by atoms with E-state index in [1.807, 2.05) is 0 Å². The Hall–Kier alpha value is -1.76. The second-order valence-corrected chi connectivity index (χ2v) is 8.67. The Morgan fingerprint density at radius 2 is 1.59 bits per heavy atom. The van der Waals surface area contributed by atoms with Crippen molar-refractivity contribution in [2.24, 2.45) is 17.8 Å². The average Bonchev–Trinajstić information content (AvgIpc) is 2.57. The number of carbonyl (C=O) groups is 1. The summed E-state index contributed by atoms with van der Waals surface area (Å²) in [5.41, 5.74) is -0.526. The van der Waals surface area contributed by atoms with Crippen LogP contribution in [-0.4, -0.2) is 23.2 Å². The first-order chi connectivity index (χ1) is 12.7. The number of carbonyl (C=O) groups excluding carboxylic acids is 1. The fraction of sp³-hybridized carbons (Fsp3) is 0.650. The lowest BCUT2D eigenvalue weighted by atomic mass is 9.53. The van der Waals surface area contributed by atoms with Crippen LogP contribution in [0.4, 0.5) is 18.0 Å². The Labute approximate surface area is 156 Å². The molecule has 27 heavy (non-hydrogen) atoms. The van der Waals surface area contributed by atoms with Crippen LogP contribution < -0.4 is 10.6 Å². The van der Waals surface area contributed by atoms with E-state index < -0.39 is 17.8 Å². The van der Waals surface area contributed by atoms with Gasteiger partial charge >= 0.3 is 12.2 Å². The van der Waals surface area contributed by atoms with Gasteiger partial charge in [-0.05, 0) is 74.0 Å². The molecule has 3 N–H and O–H groups in total. The lowest BCUT2D eigenvalue weighted by molar-refractivity contribution is -0.137. The van der Waals surface area contributed by atoms with E-state index in [0.717, 1.165) is 31.4 Å². The number of aliphatic hydroxyl groups excluding tert-OH is 1. The van der Waals surface area contributed by atoms with E-state index in [0.29, 0.717) is 23.3 Å². The van der Waals surface area contributed by atoms with Crippen LogP contribution in [0.1, 0.15) is 55.8 Å². The van der Waals surface area contributed by atoms with Gasteiger partial charge < -0.3 is 15.7 Å². The summed E-state index contributed by atoms with van der Waals surface area (Å²) in [4.78, 5) is 12.4. The topological polar surface area (TPSA) is 61.4 Å². The maximum Gasteiger partial charge on any atom is 0.416 e. The molecule has 0 aliphatic heterocycles. The Morgan fingerprint density at radius 1 is 1.07 bits per heavy atom. The molecule has 7 heteroatoms. The van der Waals surface area contributed by atoms with Gasteiger partial charge in [-0.15, -0.1) is 0 Å². The van der Waals surface area contributed by atoms with Gasteiger partial charge in [-0.25, -0.2) is 4.79 Å². The molecule has 4 aliphatic carbocycles. The molecule has 0 unspecified atom stereocenters. The molecule has 4 saturated carbocycles. The van der Waals surface area contributed by atoms with Crippen molar-refractivity contribution in [2.75, 3.05) is 6.54 Å². The second kappa shape index (κ2) is 6.69. The van der Waals surface area contributed by atoms with Gasteiger partial charge in [-0.1, -0.05) is 12.1 Å². The van der Waals surface area contributed by atoms with Crippen LogP contribution in [0, 0.1) is 17.8 Å². The summed E-state index contributed by atoms with van der Waals surface area (Å²) < 4.78 is 37.8. The lowest BCUT2D eigenvalue weighted by Crippen LogP contribution is -2.61. The first-order valence-electron chi connectivity index (χ1n) is 9.64. The van der Waals surface area contributed by atoms with E-state index in [4.69, 9.17) is 0 Å². The molecule has 0 radical (unpaired) electrons. The number of amides is 2. The third-order valence-corrected chi connectivity index (χ3v) is 6.50. The van der Waals surface area contributed by atoms with Gasteiger partial charge in [-0.2, -0.15) is 13.2 Å². The van der Waals surface area contributed by atoms with Crippen molar-refractivity contribution in [1.82, 2.24) is 10.6 Å². The van der Waals surface area contributed by atoms with E-state index >= 15 is 0 Å². The number of benzene rings is 1. The molecule has 0 heterocycles. The number of urea groups is 1. The van der Waals surface area contributed by atoms with Crippen LogP contribution in [0.5, 0.6) is 0 Å². The molecule has 0 aromatic heterocycles. The molecule has 1 aromatic carbocycles.